The molecule has 3 rings (SSSR count). The number of aromatic nitrogens is 1. The molecule has 0 unspecified atom stereocenters. The van der Waals surface area contributed by atoms with Gasteiger partial charge in [-0.2, -0.15) is 0 Å². The third-order valence-corrected chi connectivity index (χ3v) is 6.71. The molecule has 1 amide bonds. The van der Waals surface area contributed by atoms with E-state index >= 15 is 0 Å². The van der Waals surface area contributed by atoms with Gasteiger partial charge in [0, 0.05) is 31.9 Å². The normalized spacial score (nSPS) is 21.2. The molecule has 34 heavy (non-hydrogen) atoms. The fourth-order valence-electron chi connectivity index (χ4n) is 4.96. The van der Waals surface area contributed by atoms with E-state index in [0.29, 0.717) is 11.4 Å². The van der Waals surface area contributed by atoms with Crippen LogP contribution in [0.3, 0.4) is 0 Å². The van der Waals surface area contributed by atoms with Gasteiger partial charge in [-0.25, -0.2) is 14.6 Å². The molecule has 7 nitrogen and oxygen atoms in total. The van der Waals surface area contributed by atoms with Gasteiger partial charge in [-0.05, 0) is 82.6 Å². The monoisotopic (exact) mass is 469 g/mol. The van der Waals surface area contributed by atoms with Gasteiger partial charge in [0.2, 0.25) is 0 Å². The number of carboxylic acids is 1. The summed E-state index contributed by atoms with van der Waals surface area (Å²) in [6, 6.07) is 3.48. The number of likely N-dealkylation sites (tertiary alicyclic amines) is 1. The smallest absolute Gasteiger partial charge is 0.416 e. The predicted octanol–water partition coefficient (Wildman–Crippen LogP) is 5.52. The lowest BCUT2D eigenvalue weighted by Gasteiger charge is -2.37. The molecule has 1 aliphatic heterocycles. The number of pyridine rings is 1. The number of allylic oxidation sites excluding steroid dienone is 1. The number of rotatable bonds is 6. The van der Waals surface area contributed by atoms with Crippen molar-refractivity contribution in [3.8, 4) is 0 Å². The number of carbonyl (C=O) groups excluding carboxylic acids is 1. The van der Waals surface area contributed by atoms with Crippen LogP contribution in [0.2, 0.25) is 0 Å². The summed E-state index contributed by atoms with van der Waals surface area (Å²) in [5.74, 6) is -0.501. The molecule has 1 atom stereocenters. The number of carboxylic acid groups (broad SMARTS) is 1. The average molecular weight is 470 g/mol. The molecule has 1 aromatic heterocycles. The Morgan fingerprint density at radius 2 is 2.06 bits per heavy atom. The quantitative estimate of drug-likeness (QED) is 0.436. The molecule has 0 aromatic carbocycles. The van der Waals surface area contributed by atoms with E-state index in [1.807, 2.05) is 20.8 Å². The first-order valence-electron chi connectivity index (χ1n) is 12.2. The number of anilines is 1. The number of amides is 1. The Balaban J connectivity index is 1.80. The SMILES string of the molecule is CC1=C(CN2CC[C@@H](N(C(=O)OC(C)(C)C)c3ccc(C=CC(=O)O)cn3)C2)C(C)(C)CCC1. The molecule has 0 radical (unpaired) electrons. The van der Waals surface area contributed by atoms with Crippen molar-refractivity contribution >= 4 is 24.0 Å². The van der Waals surface area contributed by atoms with Gasteiger partial charge in [0.25, 0.3) is 0 Å². The molecular weight excluding hydrogens is 430 g/mol. The second-order valence-corrected chi connectivity index (χ2v) is 11.1. The fraction of sp³-hybridized carbons (Fsp3) is 0.593. The summed E-state index contributed by atoms with van der Waals surface area (Å²) in [5.41, 5.74) is 3.30. The Labute approximate surface area is 203 Å². The van der Waals surface area contributed by atoms with Crippen molar-refractivity contribution in [2.24, 2.45) is 5.41 Å². The van der Waals surface area contributed by atoms with E-state index in [0.717, 1.165) is 32.1 Å². The summed E-state index contributed by atoms with van der Waals surface area (Å²) < 4.78 is 5.74. The van der Waals surface area contributed by atoms with Crippen LogP contribution >= 0.6 is 0 Å². The summed E-state index contributed by atoms with van der Waals surface area (Å²) in [6.07, 6.45) is 8.21. The molecule has 7 heteroatoms. The molecule has 2 aliphatic rings. The first kappa shape index (κ1) is 25.9. The Hall–Kier alpha value is -2.67. The molecule has 1 saturated heterocycles. The van der Waals surface area contributed by atoms with E-state index in [1.54, 1.807) is 23.2 Å². The van der Waals surface area contributed by atoms with Gasteiger partial charge >= 0.3 is 12.1 Å². The highest BCUT2D eigenvalue weighted by atomic mass is 16.6. The number of nitrogens with zero attached hydrogens (tertiary/aromatic N) is 3. The number of hydrogen-bond donors (Lipinski definition) is 1. The molecule has 1 N–H and O–H groups in total. The summed E-state index contributed by atoms with van der Waals surface area (Å²) >= 11 is 0. The molecular formula is C27H39N3O4. The highest BCUT2D eigenvalue weighted by Gasteiger charge is 2.37. The summed E-state index contributed by atoms with van der Waals surface area (Å²) in [7, 11) is 0. The van der Waals surface area contributed by atoms with E-state index in [1.165, 1.54) is 36.5 Å². The molecule has 0 bridgehead atoms. The third kappa shape index (κ3) is 6.69. The second kappa shape index (κ2) is 10.3. The van der Waals surface area contributed by atoms with Gasteiger partial charge in [-0.15, -0.1) is 0 Å². The third-order valence-electron chi connectivity index (χ3n) is 6.71. The highest BCUT2D eigenvalue weighted by molar-refractivity contribution is 5.88. The lowest BCUT2D eigenvalue weighted by atomic mass is 9.72. The van der Waals surface area contributed by atoms with Gasteiger partial charge in [-0.3, -0.25) is 9.80 Å². The minimum absolute atomic E-state index is 0.0460. The van der Waals surface area contributed by atoms with Gasteiger partial charge in [-0.1, -0.05) is 25.0 Å². The lowest BCUT2D eigenvalue weighted by Crippen LogP contribution is -2.45. The van der Waals surface area contributed by atoms with Crippen molar-refractivity contribution in [3.63, 3.8) is 0 Å². The van der Waals surface area contributed by atoms with Crippen LogP contribution in [0.25, 0.3) is 6.08 Å². The van der Waals surface area contributed by atoms with Crippen LogP contribution in [-0.4, -0.2) is 58.3 Å². The Kier molecular flexibility index (Phi) is 7.86. The maximum absolute atomic E-state index is 13.2. The van der Waals surface area contributed by atoms with Crippen molar-refractivity contribution in [2.45, 2.75) is 78.9 Å². The van der Waals surface area contributed by atoms with Crippen LogP contribution in [0.4, 0.5) is 10.6 Å². The van der Waals surface area contributed by atoms with E-state index in [-0.39, 0.29) is 11.5 Å². The Morgan fingerprint density at radius 1 is 1.32 bits per heavy atom. The van der Waals surface area contributed by atoms with Gasteiger partial charge < -0.3 is 9.84 Å². The van der Waals surface area contributed by atoms with E-state index in [4.69, 9.17) is 9.84 Å². The van der Waals surface area contributed by atoms with Crippen molar-refractivity contribution in [1.29, 1.82) is 0 Å². The van der Waals surface area contributed by atoms with Gasteiger partial charge in [0.05, 0.1) is 6.04 Å². The summed E-state index contributed by atoms with van der Waals surface area (Å²) in [4.78, 5) is 32.6. The zero-order chi connectivity index (χ0) is 25.1. The van der Waals surface area contributed by atoms with Crippen molar-refractivity contribution in [2.75, 3.05) is 24.5 Å². The standard InChI is InChI=1S/C27H39N3O4/c1-19-8-7-14-27(5,6)22(19)18-29-15-13-21(17-29)30(25(33)34-26(2,3)4)23-11-9-20(16-28-23)10-12-24(31)32/h9-12,16,21H,7-8,13-15,17-18H2,1-6H3,(H,31,32)/t21-/m1/s1. The first-order chi connectivity index (χ1) is 15.9. The number of ether oxygens (including phenoxy) is 1. The largest absolute Gasteiger partial charge is 0.478 e. The number of carbonyl (C=O) groups is 2. The Morgan fingerprint density at radius 3 is 2.65 bits per heavy atom. The molecule has 1 aromatic rings. The number of hydrogen-bond acceptors (Lipinski definition) is 5. The predicted molar refractivity (Wildman–Crippen MR) is 135 cm³/mol. The molecule has 0 spiro atoms. The van der Waals surface area contributed by atoms with Crippen LogP contribution in [0, 0.1) is 5.41 Å². The van der Waals surface area contributed by atoms with Crippen LogP contribution in [0.15, 0.2) is 35.6 Å². The lowest BCUT2D eigenvalue weighted by molar-refractivity contribution is -0.131. The van der Waals surface area contributed by atoms with Crippen molar-refractivity contribution in [1.82, 2.24) is 9.88 Å². The molecule has 186 valence electrons. The fourth-order valence-corrected chi connectivity index (χ4v) is 4.96. The highest BCUT2D eigenvalue weighted by Crippen LogP contribution is 2.41. The number of aliphatic carboxylic acids is 1. The zero-order valence-corrected chi connectivity index (χ0v) is 21.4. The molecule has 1 fully saturated rings. The maximum Gasteiger partial charge on any atom is 0.416 e. The Bertz CT molecular complexity index is 957. The zero-order valence-electron chi connectivity index (χ0n) is 21.4. The van der Waals surface area contributed by atoms with Gasteiger partial charge in [0.1, 0.15) is 11.4 Å². The van der Waals surface area contributed by atoms with Crippen molar-refractivity contribution in [3.05, 3.63) is 41.1 Å². The minimum Gasteiger partial charge on any atom is -0.478 e. The van der Waals surface area contributed by atoms with E-state index in [2.05, 4.69) is 30.7 Å². The van der Waals surface area contributed by atoms with E-state index < -0.39 is 17.7 Å². The molecule has 2 heterocycles. The summed E-state index contributed by atoms with van der Waals surface area (Å²) in [5, 5.41) is 8.85. The van der Waals surface area contributed by atoms with Crippen LogP contribution in [-0.2, 0) is 9.53 Å². The second-order valence-electron chi connectivity index (χ2n) is 11.1. The van der Waals surface area contributed by atoms with E-state index in [9.17, 15) is 9.59 Å². The van der Waals surface area contributed by atoms with Crippen LogP contribution < -0.4 is 4.90 Å². The van der Waals surface area contributed by atoms with Crippen LogP contribution in [0.5, 0.6) is 0 Å². The topological polar surface area (TPSA) is 83.0 Å². The first-order valence-corrected chi connectivity index (χ1v) is 12.2. The maximum atomic E-state index is 13.2. The molecule has 0 saturated carbocycles. The van der Waals surface area contributed by atoms with Crippen molar-refractivity contribution < 1.29 is 19.4 Å². The van der Waals surface area contributed by atoms with Crippen LogP contribution in [0.1, 0.15) is 72.8 Å². The average Bonchev–Trinajstić information content (AvgIpc) is 3.17. The van der Waals surface area contributed by atoms with Gasteiger partial charge in [0.15, 0.2) is 0 Å². The minimum atomic E-state index is -1.02. The molecule has 1 aliphatic carbocycles. The summed E-state index contributed by atoms with van der Waals surface area (Å²) in [6.45, 7) is 15.1.